The van der Waals surface area contributed by atoms with Gasteiger partial charge in [0.2, 0.25) is 0 Å². The van der Waals surface area contributed by atoms with Gasteiger partial charge in [0.25, 0.3) is 0 Å². The van der Waals surface area contributed by atoms with E-state index in [9.17, 15) is 9.90 Å². The van der Waals surface area contributed by atoms with Gasteiger partial charge in [-0.15, -0.1) is 11.8 Å². The van der Waals surface area contributed by atoms with Crippen LogP contribution in [-0.2, 0) is 11.8 Å². The molecule has 0 spiro atoms. The van der Waals surface area contributed by atoms with E-state index in [1.54, 1.807) is 12.1 Å². The Bertz CT molecular complexity index is 920. The summed E-state index contributed by atoms with van der Waals surface area (Å²) in [6.45, 7) is 6.46. The fourth-order valence-corrected chi connectivity index (χ4v) is 5.10. The van der Waals surface area contributed by atoms with Crippen molar-refractivity contribution in [2.24, 2.45) is 0 Å². The molecule has 1 aromatic carbocycles. The summed E-state index contributed by atoms with van der Waals surface area (Å²) in [5.41, 5.74) is 4.12. The molecule has 140 valence electrons. The normalized spacial score (nSPS) is 14.8. The highest BCUT2D eigenvalue weighted by Crippen LogP contribution is 2.46. The molecule has 1 aliphatic heterocycles. The van der Waals surface area contributed by atoms with Crippen molar-refractivity contribution in [1.29, 1.82) is 0 Å². The van der Waals surface area contributed by atoms with Crippen LogP contribution in [0.3, 0.4) is 0 Å². The van der Waals surface area contributed by atoms with Gasteiger partial charge in [-0.3, -0.25) is 0 Å². The fourth-order valence-electron chi connectivity index (χ4n) is 3.79. The van der Waals surface area contributed by atoms with Crippen molar-refractivity contribution in [3.63, 3.8) is 0 Å². The van der Waals surface area contributed by atoms with Crippen molar-refractivity contribution in [2.45, 2.75) is 56.8 Å². The molecule has 3 nitrogen and oxygen atoms in total. The van der Waals surface area contributed by atoms with Crippen LogP contribution in [0.25, 0.3) is 0 Å². The number of aromatic carboxylic acids is 1. The second-order valence-corrected chi connectivity index (χ2v) is 8.03. The van der Waals surface area contributed by atoms with Crippen LogP contribution in [0.1, 0.15) is 72.9 Å². The number of carboxylic acid groups (broad SMARTS) is 1. The molecular weight excluding hydrogens is 354 g/mol. The number of carbonyl (C=O) groups is 1. The van der Waals surface area contributed by atoms with E-state index in [1.165, 1.54) is 22.6 Å². The highest BCUT2D eigenvalue weighted by atomic mass is 32.2. The van der Waals surface area contributed by atoms with Crippen LogP contribution in [0.4, 0.5) is 0 Å². The van der Waals surface area contributed by atoms with E-state index < -0.39 is 5.97 Å². The van der Waals surface area contributed by atoms with Crippen molar-refractivity contribution < 1.29 is 9.90 Å². The largest absolute Gasteiger partial charge is 0.478 e. The van der Waals surface area contributed by atoms with Crippen molar-refractivity contribution in [2.75, 3.05) is 5.75 Å². The Balaban J connectivity index is 1.96. The Kier molecular flexibility index (Phi) is 5.92. The van der Waals surface area contributed by atoms with E-state index in [0.717, 1.165) is 18.4 Å². The molecule has 0 bridgehead atoms. The molecule has 0 unspecified atom stereocenters. The minimum Gasteiger partial charge on any atom is -0.478 e. The number of nitrogens with zero attached hydrogens (tertiary/aromatic N) is 1. The van der Waals surface area contributed by atoms with Crippen LogP contribution in [0.15, 0.2) is 35.2 Å². The van der Waals surface area contributed by atoms with Crippen molar-refractivity contribution in [1.82, 2.24) is 4.98 Å². The molecular formula is C23H25NO2S. The Morgan fingerprint density at radius 2 is 1.96 bits per heavy atom. The van der Waals surface area contributed by atoms with Crippen molar-refractivity contribution in [3.05, 3.63) is 58.4 Å². The molecule has 1 N–H and O–H groups in total. The molecule has 0 aliphatic carbocycles. The number of benzene rings is 1. The number of thioether (sulfide) groups is 1. The highest BCUT2D eigenvalue weighted by molar-refractivity contribution is 7.99. The topological polar surface area (TPSA) is 50.2 Å². The maximum Gasteiger partial charge on any atom is 0.337 e. The number of pyridine rings is 1. The maximum atomic E-state index is 11.2. The smallest absolute Gasteiger partial charge is 0.337 e. The third-order valence-corrected chi connectivity index (χ3v) is 6.69. The lowest BCUT2D eigenvalue weighted by molar-refractivity contribution is 0.0695. The molecule has 27 heavy (non-hydrogen) atoms. The van der Waals surface area contributed by atoms with Gasteiger partial charge < -0.3 is 5.11 Å². The average molecular weight is 380 g/mol. The SMILES string of the molecule is CCc1nc(C#Cc2ccc3c(c2)C(CC)(CC)CCS3)ccc1C(=O)O. The van der Waals surface area contributed by atoms with E-state index in [4.69, 9.17) is 0 Å². The third kappa shape index (κ3) is 3.89. The summed E-state index contributed by atoms with van der Waals surface area (Å²) in [4.78, 5) is 17.0. The minimum absolute atomic E-state index is 0.254. The van der Waals surface area contributed by atoms with Crippen LogP contribution in [0.5, 0.6) is 0 Å². The van der Waals surface area contributed by atoms with Gasteiger partial charge in [0.1, 0.15) is 5.69 Å². The second-order valence-electron chi connectivity index (χ2n) is 6.90. The molecule has 4 heteroatoms. The monoisotopic (exact) mass is 379 g/mol. The van der Waals surface area contributed by atoms with Gasteiger partial charge in [-0.05, 0) is 78.7 Å². The zero-order valence-corrected chi connectivity index (χ0v) is 16.9. The first kappa shape index (κ1) is 19.5. The van der Waals surface area contributed by atoms with Crippen molar-refractivity contribution in [3.8, 4) is 11.8 Å². The molecule has 0 saturated heterocycles. The molecule has 1 aromatic heterocycles. The van der Waals surface area contributed by atoms with Gasteiger partial charge in [0.15, 0.2) is 0 Å². The second kappa shape index (κ2) is 8.19. The summed E-state index contributed by atoms with van der Waals surface area (Å²) < 4.78 is 0. The molecule has 0 amide bonds. The lowest BCUT2D eigenvalue weighted by Crippen LogP contribution is -2.28. The average Bonchev–Trinajstić information content (AvgIpc) is 2.71. The van der Waals surface area contributed by atoms with Crippen molar-refractivity contribution >= 4 is 17.7 Å². The van der Waals surface area contributed by atoms with Gasteiger partial charge in [0.05, 0.1) is 11.3 Å². The molecule has 2 aromatic rings. The zero-order chi connectivity index (χ0) is 19.4. The predicted molar refractivity (Wildman–Crippen MR) is 111 cm³/mol. The van der Waals surface area contributed by atoms with Crippen LogP contribution < -0.4 is 0 Å². The number of fused-ring (bicyclic) bond motifs is 1. The molecule has 0 saturated carbocycles. The van der Waals surface area contributed by atoms with Gasteiger partial charge in [0, 0.05) is 10.5 Å². The predicted octanol–water partition coefficient (Wildman–Crippen LogP) is 5.30. The standard InChI is InChI=1S/C23H25NO2S/c1-4-20-18(22(25)26)11-10-17(24-20)9-7-16-8-12-21-19(15-16)23(5-2,6-3)13-14-27-21/h8,10-12,15H,4-6,13-14H2,1-3H3,(H,25,26). The van der Waals surface area contributed by atoms with Gasteiger partial charge >= 0.3 is 5.97 Å². The van der Waals surface area contributed by atoms with E-state index in [1.807, 2.05) is 18.7 Å². The van der Waals surface area contributed by atoms with Gasteiger partial charge in [-0.25, -0.2) is 9.78 Å². The Hall–Kier alpha value is -2.25. The van der Waals surface area contributed by atoms with Crippen LogP contribution >= 0.6 is 11.8 Å². The lowest BCUT2D eigenvalue weighted by Gasteiger charge is -2.37. The third-order valence-electron chi connectivity index (χ3n) is 5.62. The minimum atomic E-state index is -0.943. The molecule has 2 heterocycles. The van der Waals surface area contributed by atoms with Crippen LogP contribution in [-0.4, -0.2) is 21.8 Å². The summed E-state index contributed by atoms with van der Waals surface area (Å²) in [5.74, 6) is 6.58. The first-order chi connectivity index (χ1) is 13.0. The van der Waals surface area contributed by atoms with Gasteiger partial charge in [-0.1, -0.05) is 26.7 Å². The van der Waals surface area contributed by atoms with Crippen LogP contribution in [0.2, 0.25) is 0 Å². The molecule has 3 rings (SSSR count). The number of aryl methyl sites for hydroxylation is 1. The number of rotatable bonds is 4. The van der Waals surface area contributed by atoms with E-state index in [0.29, 0.717) is 17.8 Å². The summed E-state index contributed by atoms with van der Waals surface area (Å²) in [5, 5.41) is 9.23. The summed E-state index contributed by atoms with van der Waals surface area (Å²) in [7, 11) is 0. The van der Waals surface area contributed by atoms with E-state index >= 15 is 0 Å². The number of aromatic nitrogens is 1. The van der Waals surface area contributed by atoms with Crippen LogP contribution in [0, 0.1) is 11.8 Å². The number of carboxylic acids is 1. The van der Waals surface area contributed by atoms with Gasteiger partial charge in [-0.2, -0.15) is 0 Å². The fraction of sp³-hybridized carbons (Fsp3) is 0.391. The first-order valence-electron chi connectivity index (χ1n) is 9.55. The first-order valence-corrected chi connectivity index (χ1v) is 10.5. The summed E-state index contributed by atoms with van der Waals surface area (Å²) >= 11 is 1.94. The Morgan fingerprint density at radius 1 is 1.19 bits per heavy atom. The molecule has 0 atom stereocenters. The van der Waals surface area contributed by atoms with E-state index in [-0.39, 0.29) is 11.0 Å². The Morgan fingerprint density at radius 3 is 2.63 bits per heavy atom. The van der Waals surface area contributed by atoms with E-state index in [2.05, 4.69) is 48.9 Å². The number of hydrogen-bond donors (Lipinski definition) is 1. The maximum absolute atomic E-state index is 11.2. The highest BCUT2D eigenvalue weighted by Gasteiger charge is 2.33. The quantitative estimate of drug-likeness (QED) is 0.733. The summed E-state index contributed by atoms with van der Waals surface area (Å²) in [6, 6.07) is 9.80. The lowest BCUT2D eigenvalue weighted by atomic mass is 9.73. The summed E-state index contributed by atoms with van der Waals surface area (Å²) in [6.07, 6.45) is 4.08. The zero-order valence-electron chi connectivity index (χ0n) is 16.1. The molecule has 0 fully saturated rings. The Labute approximate surface area is 165 Å². The number of hydrogen-bond acceptors (Lipinski definition) is 3. The molecule has 0 radical (unpaired) electrons. The molecule has 1 aliphatic rings.